The van der Waals surface area contributed by atoms with Crippen LogP contribution in [0, 0.1) is 6.92 Å². The van der Waals surface area contributed by atoms with Crippen molar-refractivity contribution < 1.29 is 19.1 Å². The monoisotopic (exact) mass is 311 g/mol. The molecule has 1 heterocycles. The highest BCUT2D eigenvalue weighted by molar-refractivity contribution is 6.35. The molecule has 6 heteroatoms. The van der Waals surface area contributed by atoms with Crippen molar-refractivity contribution in [2.45, 2.75) is 6.92 Å². The molecule has 0 aliphatic carbocycles. The van der Waals surface area contributed by atoms with E-state index < -0.39 is 0 Å². The summed E-state index contributed by atoms with van der Waals surface area (Å²) in [6.07, 6.45) is 0. The van der Waals surface area contributed by atoms with Crippen LogP contribution in [0.25, 0.3) is 11.0 Å². The van der Waals surface area contributed by atoms with Gasteiger partial charge in [-0.3, -0.25) is 4.79 Å². The summed E-state index contributed by atoms with van der Waals surface area (Å²) < 4.78 is 10.6. The third-order valence-electron chi connectivity index (χ3n) is 3.33. The molecule has 1 aromatic heterocycles. The van der Waals surface area contributed by atoms with Gasteiger partial charge in [-0.05, 0) is 13.0 Å². The van der Waals surface area contributed by atoms with Gasteiger partial charge in [0.1, 0.15) is 0 Å². The number of ether oxygens (including phenoxy) is 1. The molecule has 0 radical (unpaired) electrons. The van der Waals surface area contributed by atoms with E-state index in [9.17, 15) is 4.79 Å². The molecule has 1 amide bonds. The molecule has 0 spiro atoms. The third kappa shape index (κ3) is 3.20. The van der Waals surface area contributed by atoms with E-state index in [-0.39, 0.29) is 24.8 Å². The largest absolute Gasteiger partial charge is 0.449 e. The lowest BCUT2D eigenvalue weighted by Gasteiger charge is -2.20. The van der Waals surface area contributed by atoms with E-state index in [1.807, 2.05) is 19.1 Å². The fourth-order valence-corrected chi connectivity index (χ4v) is 2.41. The van der Waals surface area contributed by atoms with Gasteiger partial charge in [-0.15, -0.1) is 0 Å². The molecule has 114 valence electrons. The predicted molar refractivity (Wildman–Crippen MR) is 80.8 cm³/mol. The van der Waals surface area contributed by atoms with Gasteiger partial charge in [0.25, 0.3) is 5.91 Å². The number of aliphatic hydroxyl groups excluding tert-OH is 1. The van der Waals surface area contributed by atoms with E-state index in [1.165, 1.54) is 4.90 Å². The number of halogens is 1. The van der Waals surface area contributed by atoms with Crippen molar-refractivity contribution in [2.24, 2.45) is 0 Å². The number of methoxy groups -OCH3 is 1. The average Bonchev–Trinajstić information content (AvgIpc) is 2.82. The van der Waals surface area contributed by atoms with E-state index >= 15 is 0 Å². The Bertz CT molecular complexity index is 638. The minimum absolute atomic E-state index is 0.116. The van der Waals surface area contributed by atoms with Crippen molar-refractivity contribution in [1.82, 2.24) is 4.90 Å². The number of para-hydroxylation sites is 1. The van der Waals surface area contributed by atoms with Gasteiger partial charge in [0.05, 0.1) is 18.2 Å². The number of hydrogen-bond acceptors (Lipinski definition) is 4. The van der Waals surface area contributed by atoms with E-state index in [0.29, 0.717) is 23.8 Å². The number of benzene rings is 1. The molecule has 5 nitrogen and oxygen atoms in total. The quantitative estimate of drug-likeness (QED) is 0.890. The summed E-state index contributed by atoms with van der Waals surface area (Å²) >= 11 is 6.09. The minimum atomic E-state index is -0.272. The lowest BCUT2D eigenvalue weighted by molar-refractivity contribution is 0.0627. The zero-order valence-corrected chi connectivity index (χ0v) is 12.8. The molecule has 21 heavy (non-hydrogen) atoms. The smallest absolute Gasteiger partial charge is 0.290 e. The minimum Gasteiger partial charge on any atom is -0.449 e. The van der Waals surface area contributed by atoms with Crippen molar-refractivity contribution in [3.05, 3.63) is 34.5 Å². The van der Waals surface area contributed by atoms with Gasteiger partial charge in [-0.25, -0.2) is 0 Å². The summed E-state index contributed by atoms with van der Waals surface area (Å²) in [7, 11) is 1.56. The zero-order valence-electron chi connectivity index (χ0n) is 12.1. The lowest BCUT2D eigenvalue weighted by atomic mass is 10.1. The Kier molecular flexibility index (Phi) is 5.22. The SMILES string of the molecule is COCCN(CCO)C(=O)c1oc2c(Cl)cccc2c1C. The highest BCUT2D eigenvalue weighted by Crippen LogP contribution is 2.31. The molecule has 0 fully saturated rings. The number of aryl methyl sites for hydroxylation is 1. The molecule has 0 aliphatic rings. The molecular formula is C15H18ClNO4. The number of carbonyl (C=O) groups is 1. The number of nitrogens with zero attached hydrogens (tertiary/aromatic N) is 1. The van der Waals surface area contributed by atoms with E-state index in [0.717, 1.165) is 10.9 Å². The van der Waals surface area contributed by atoms with Crippen molar-refractivity contribution in [3.63, 3.8) is 0 Å². The fourth-order valence-electron chi connectivity index (χ4n) is 2.19. The van der Waals surface area contributed by atoms with Gasteiger partial charge in [-0.1, -0.05) is 23.7 Å². The number of fused-ring (bicyclic) bond motifs is 1. The van der Waals surface area contributed by atoms with Crippen LogP contribution in [0.1, 0.15) is 16.1 Å². The highest BCUT2D eigenvalue weighted by Gasteiger charge is 2.23. The average molecular weight is 312 g/mol. The van der Waals surface area contributed by atoms with Crippen LogP contribution in [-0.4, -0.2) is 49.3 Å². The Morgan fingerprint density at radius 3 is 2.81 bits per heavy atom. The van der Waals surface area contributed by atoms with Gasteiger partial charge in [0, 0.05) is 31.1 Å². The van der Waals surface area contributed by atoms with Crippen molar-refractivity contribution >= 4 is 28.5 Å². The molecule has 0 atom stereocenters. The maximum atomic E-state index is 12.6. The number of carbonyl (C=O) groups excluding carboxylic acids is 1. The van der Waals surface area contributed by atoms with Crippen LogP contribution in [0.3, 0.4) is 0 Å². The summed E-state index contributed by atoms with van der Waals surface area (Å²) in [6, 6.07) is 5.40. The predicted octanol–water partition coefficient (Wildman–Crippen LogP) is 2.48. The lowest BCUT2D eigenvalue weighted by Crippen LogP contribution is -2.36. The van der Waals surface area contributed by atoms with Crippen LogP contribution in [0.15, 0.2) is 22.6 Å². The Hall–Kier alpha value is -1.56. The Balaban J connectivity index is 2.37. The number of furan rings is 1. The topological polar surface area (TPSA) is 62.9 Å². The number of aliphatic hydroxyl groups is 1. The molecule has 0 unspecified atom stereocenters. The first-order valence-corrected chi connectivity index (χ1v) is 7.04. The second kappa shape index (κ2) is 6.93. The van der Waals surface area contributed by atoms with E-state index in [2.05, 4.69) is 0 Å². The van der Waals surface area contributed by atoms with Gasteiger partial charge in [0.2, 0.25) is 0 Å². The van der Waals surface area contributed by atoms with Crippen LogP contribution >= 0.6 is 11.6 Å². The molecule has 0 saturated carbocycles. The summed E-state index contributed by atoms with van der Waals surface area (Å²) in [5.41, 5.74) is 1.26. The van der Waals surface area contributed by atoms with Crippen molar-refractivity contribution in [3.8, 4) is 0 Å². The number of amides is 1. The normalized spacial score (nSPS) is 11.0. The molecule has 0 saturated heterocycles. The van der Waals surface area contributed by atoms with Gasteiger partial charge < -0.3 is 19.2 Å². The Morgan fingerprint density at radius 2 is 2.19 bits per heavy atom. The second-order valence-electron chi connectivity index (χ2n) is 4.68. The molecule has 2 rings (SSSR count). The summed E-state index contributed by atoms with van der Waals surface area (Å²) in [6.45, 7) is 2.72. The van der Waals surface area contributed by atoms with Crippen molar-refractivity contribution in [1.29, 1.82) is 0 Å². The maximum absolute atomic E-state index is 12.6. The molecule has 1 aromatic carbocycles. The number of hydrogen-bond donors (Lipinski definition) is 1. The van der Waals surface area contributed by atoms with Crippen LogP contribution < -0.4 is 0 Å². The third-order valence-corrected chi connectivity index (χ3v) is 3.63. The van der Waals surface area contributed by atoms with Gasteiger partial charge in [0.15, 0.2) is 11.3 Å². The first-order chi connectivity index (χ1) is 10.1. The summed E-state index contributed by atoms with van der Waals surface area (Å²) in [4.78, 5) is 14.1. The summed E-state index contributed by atoms with van der Waals surface area (Å²) in [5, 5.41) is 10.4. The molecular weight excluding hydrogens is 294 g/mol. The molecule has 0 bridgehead atoms. The highest BCUT2D eigenvalue weighted by atomic mass is 35.5. The molecule has 1 N–H and O–H groups in total. The molecule has 2 aromatic rings. The zero-order chi connectivity index (χ0) is 15.4. The van der Waals surface area contributed by atoms with Gasteiger partial charge in [-0.2, -0.15) is 0 Å². The van der Waals surface area contributed by atoms with Crippen LogP contribution in [-0.2, 0) is 4.74 Å². The Morgan fingerprint density at radius 1 is 1.43 bits per heavy atom. The fraction of sp³-hybridized carbons (Fsp3) is 0.400. The molecule has 0 aliphatic heterocycles. The summed E-state index contributed by atoms with van der Waals surface area (Å²) in [5.74, 6) is -0.0199. The standard InChI is InChI=1S/C15H18ClNO4/c1-10-11-4-3-5-12(16)14(11)21-13(10)15(19)17(6-8-18)7-9-20-2/h3-5,18H,6-9H2,1-2H3. The van der Waals surface area contributed by atoms with Crippen LogP contribution in [0.4, 0.5) is 0 Å². The van der Waals surface area contributed by atoms with Crippen molar-refractivity contribution in [2.75, 3.05) is 33.4 Å². The second-order valence-corrected chi connectivity index (χ2v) is 5.09. The van der Waals surface area contributed by atoms with Crippen LogP contribution in [0.5, 0.6) is 0 Å². The van der Waals surface area contributed by atoms with E-state index in [1.54, 1.807) is 13.2 Å². The maximum Gasteiger partial charge on any atom is 0.290 e. The van der Waals surface area contributed by atoms with Crippen LogP contribution in [0.2, 0.25) is 5.02 Å². The van der Waals surface area contributed by atoms with E-state index in [4.69, 9.17) is 25.9 Å². The number of rotatable bonds is 6. The first kappa shape index (κ1) is 15.8. The van der Waals surface area contributed by atoms with Gasteiger partial charge >= 0.3 is 0 Å². The first-order valence-electron chi connectivity index (χ1n) is 6.66. The Labute approximate surface area is 128 Å².